The highest BCUT2D eigenvalue weighted by atomic mass is 15.2. The smallest absolute Gasteiger partial charge is 0.191 e. The summed E-state index contributed by atoms with van der Waals surface area (Å²) in [7, 11) is 1.82. The molecule has 1 heterocycles. The second-order valence-electron chi connectivity index (χ2n) is 8.03. The normalized spacial score (nSPS) is 17.8. The maximum absolute atomic E-state index is 4.33. The lowest BCUT2D eigenvalue weighted by atomic mass is 9.98. The molecule has 1 aliphatic rings. The molecule has 4 nitrogen and oxygen atoms in total. The van der Waals surface area contributed by atoms with Crippen molar-refractivity contribution in [3.05, 3.63) is 35.4 Å². The third-order valence-corrected chi connectivity index (χ3v) is 4.55. The minimum absolute atomic E-state index is 0.00581. The van der Waals surface area contributed by atoms with Crippen LogP contribution in [-0.4, -0.2) is 36.5 Å². The molecule has 2 rings (SSSR count). The van der Waals surface area contributed by atoms with E-state index >= 15 is 0 Å². The Hall–Kier alpha value is -1.55. The molecule has 0 bridgehead atoms. The maximum atomic E-state index is 4.33. The molecular weight excluding hydrogens is 296 g/mol. The van der Waals surface area contributed by atoms with Gasteiger partial charge in [0, 0.05) is 25.7 Å². The van der Waals surface area contributed by atoms with Crippen LogP contribution in [0.15, 0.2) is 29.3 Å². The molecule has 1 aromatic carbocycles. The predicted octanol–water partition coefficient (Wildman–Crippen LogP) is 3.38. The van der Waals surface area contributed by atoms with Gasteiger partial charge in [-0.15, -0.1) is 0 Å². The zero-order valence-corrected chi connectivity index (χ0v) is 16.0. The Labute approximate surface area is 147 Å². The number of guanidine groups is 1. The molecule has 134 valence electrons. The molecule has 1 aromatic rings. The first-order valence-electron chi connectivity index (χ1n) is 9.15. The third kappa shape index (κ3) is 6.16. The zero-order chi connectivity index (χ0) is 17.6. The van der Waals surface area contributed by atoms with Gasteiger partial charge >= 0.3 is 0 Å². The van der Waals surface area contributed by atoms with Gasteiger partial charge in [-0.2, -0.15) is 0 Å². The van der Waals surface area contributed by atoms with Crippen LogP contribution in [-0.2, 0) is 13.1 Å². The predicted molar refractivity (Wildman–Crippen MR) is 103 cm³/mol. The summed E-state index contributed by atoms with van der Waals surface area (Å²) in [6.07, 6.45) is 2.64. The molecule has 1 aliphatic heterocycles. The standard InChI is InChI=1S/C20H34N4/c1-16-10-12-24(13-11-16)15-18-9-7-6-8-17(18)14-22-19(21-5)23-20(2,3)4/h6-9,16H,10-15H2,1-5H3,(H2,21,22,23). The molecule has 0 unspecified atom stereocenters. The molecule has 0 saturated carbocycles. The molecule has 0 radical (unpaired) electrons. The molecule has 1 fully saturated rings. The second kappa shape index (κ2) is 8.52. The number of benzene rings is 1. The monoisotopic (exact) mass is 330 g/mol. The van der Waals surface area contributed by atoms with Gasteiger partial charge in [-0.3, -0.25) is 9.89 Å². The van der Waals surface area contributed by atoms with E-state index in [4.69, 9.17) is 0 Å². The summed E-state index contributed by atoms with van der Waals surface area (Å²) in [5.74, 6) is 1.73. The average Bonchev–Trinajstić information content (AvgIpc) is 2.53. The van der Waals surface area contributed by atoms with Crippen molar-refractivity contribution in [1.82, 2.24) is 15.5 Å². The van der Waals surface area contributed by atoms with Crippen molar-refractivity contribution in [2.75, 3.05) is 20.1 Å². The van der Waals surface area contributed by atoms with Crippen molar-refractivity contribution in [2.45, 2.75) is 59.2 Å². The van der Waals surface area contributed by atoms with Gasteiger partial charge < -0.3 is 10.6 Å². The number of piperidine rings is 1. The number of aliphatic imine (C=N–C) groups is 1. The fourth-order valence-corrected chi connectivity index (χ4v) is 3.06. The van der Waals surface area contributed by atoms with E-state index in [9.17, 15) is 0 Å². The first kappa shape index (κ1) is 18.8. The first-order chi connectivity index (χ1) is 11.4. The van der Waals surface area contributed by atoms with Crippen LogP contribution in [0.3, 0.4) is 0 Å². The molecule has 0 aromatic heterocycles. The van der Waals surface area contributed by atoms with Crippen molar-refractivity contribution < 1.29 is 0 Å². The van der Waals surface area contributed by atoms with E-state index in [2.05, 4.69) is 72.5 Å². The fraction of sp³-hybridized carbons (Fsp3) is 0.650. The van der Waals surface area contributed by atoms with Crippen LogP contribution >= 0.6 is 0 Å². The quantitative estimate of drug-likeness (QED) is 0.657. The lowest BCUT2D eigenvalue weighted by Crippen LogP contribution is -2.47. The topological polar surface area (TPSA) is 39.7 Å². The molecular formula is C20H34N4. The molecule has 0 amide bonds. The van der Waals surface area contributed by atoms with E-state index in [1.54, 1.807) is 0 Å². The Morgan fingerprint density at radius 3 is 2.38 bits per heavy atom. The van der Waals surface area contributed by atoms with Gasteiger partial charge in [0.15, 0.2) is 5.96 Å². The van der Waals surface area contributed by atoms with E-state index < -0.39 is 0 Å². The van der Waals surface area contributed by atoms with E-state index in [1.807, 2.05) is 7.05 Å². The van der Waals surface area contributed by atoms with Crippen LogP contribution in [0.2, 0.25) is 0 Å². The Morgan fingerprint density at radius 1 is 1.17 bits per heavy atom. The van der Waals surface area contributed by atoms with Crippen LogP contribution < -0.4 is 10.6 Å². The van der Waals surface area contributed by atoms with Gasteiger partial charge in [0.05, 0.1) is 0 Å². The van der Waals surface area contributed by atoms with E-state index in [0.29, 0.717) is 0 Å². The summed E-state index contributed by atoms with van der Waals surface area (Å²) in [6, 6.07) is 8.75. The molecule has 0 atom stereocenters. The minimum Gasteiger partial charge on any atom is -0.352 e. The number of likely N-dealkylation sites (tertiary alicyclic amines) is 1. The summed E-state index contributed by atoms with van der Waals surface area (Å²) in [5, 5.41) is 6.86. The van der Waals surface area contributed by atoms with Gasteiger partial charge in [0.25, 0.3) is 0 Å². The first-order valence-corrected chi connectivity index (χ1v) is 9.15. The zero-order valence-electron chi connectivity index (χ0n) is 16.0. The van der Waals surface area contributed by atoms with Gasteiger partial charge in [-0.05, 0) is 63.7 Å². The summed E-state index contributed by atoms with van der Waals surface area (Å²) in [6.45, 7) is 13.1. The molecule has 1 saturated heterocycles. The fourth-order valence-electron chi connectivity index (χ4n) is 3.06. The Kier molecular flexibility index (Phi) is 6.67. The number of hydrogen-bond donors (Lipinski definition) is 2. The summed E-state index contributed by atoms with van der Waals surface area (Å²) in [4.78, 5) is 6.91. The Balaban J connectivity index is 1.96. The van der Waals surface area contributed by atoms with Crippen molar-refractivity contribution >= 4 is 5.96 Å². The summed E-state index contributed by atoms with van der Waals surface area (Å²) in [5.41, 5.74) is 2.78. The number of nitrogens with one attached hydrogen (secondary N) is 2. The highest BCUT2D eigenvalue weighted by molar-refractivity contribution is 5.80. The van der Waals surface area contributed by atoms with Crippen LogP contribution in [0.25, 0.3) is 0 Å². The van der Waals surface area contributed by atoms with Crippen LogP contribution in [0, 0.1) is 5.92 Å². The molecule has 24 heavy (non-hydrogen) atoms. The Morgan fingerprint density at radius 2 is 1.79 bits per heavy atom. The minimum atomic E-state index is 0.00581. The lowest BCUT2D eigenvalue weighted by molar-refractivity contribution is 0.185. The largest absolute Gasteiger partial charge is 0.352 e. The summed E-state index contributed by atoms with van der Waals surface area (Å²) >= 11 is 0. The number of rotatable bonds is 4. The lowest BCUT2D eigenvalue weighted by Gasteiger charge is -2.31. The van der Waals surface area contributed by atoms with E-state index in [1.165, 1.54) is 37.1 Å². The average molecular weight is 331 g/mol. The van der Waals surface area contributed by atoms with E-state index in [-0.39, 0.29) is 5.54 Å². The van der Waals surface area contributed by atoms with Crippen LogP contribution in [0.5, 0.6) is 0 Å². The molecule has 0 spiro atoms. The van der Waals surface area contributed by atoms with Crippen molar-refractivity contribution in [3.63, 3.8) is 0 Å². The van der Waals surface area contributed by atoms with Gasteiger partial charge in [-0.1, -0.05) is 31.2 Å². The molecule has 0 aliphatic carbocycles. The van der Waals surface area contributed by atoms with Gasteiger partial charge in [0.2, 0.25) is 0 Å². The van der Waals surface area contributed by atoms with E-state index in [0.717, 1.165) is 25.0 Å². The van der Waals surface area contributed by atoms with Crippen molar-refractivity contribution in [2.24, 2.45) is 10.9 Å². The van der Waals surface area contributed by atoms with Crippen LogP contribution in [0.4, 0.5) is 0 Å². The SMILES string of the molecule is CN=C(NCc1ccccc1CN1CCC(C)CC1)NC(C)(C)C. The molecule has 2 N–H and O–H groups in total. The van der Waals surface area contributed by atoms with Gasteiger partial charge in [-0.25, -0.2) is 0 Å². The number of nitrogens with zero attached hydrogens (tertiary/aromatic N) is 2. The van der Waals surface area contributed by atoms with Crippen LogP contribution in [0.1, 0.15) is 51.7 Å². The van der Waals surface area contributed by atoms with Crippen molar-refractivity contribution in [1.29, 1.82) is 0 Å². The highest BCUT2D eigenvalue weighted by Crippen LogP contribution is 2.19. The second-order valence-corrected chi connectivity index (χ2v) is 8.03. The number of hydrogen-bond acceptors (Lipinski definition) is 2. The summed E-state index contributed by atoms with van der Waals surface area (Å²) < 4.78 is 0. The Bertz CT molecular complexity index is 537. The third-order valence-electron chi connectivity index (χ3n) is 4.55. The van der Waals surface area contributed by atoms with Crippen molar-refractivity contribution in [3.8, 4) is 0 Å². The highest BCUT2D eigenvalue weighted by Gasteiger charge is 2.17. The van der Waals surface area contributed by atoms with Gasteiger partial charge in [0.1, 0.15) is 0 Å². The maximum Gasteiger partial charge on any atom is 0.191 e. The molecule has 4 heteroatoms.